The van der Waals surface area contributed by atoms with Crippen molar-refractivity contribution in [3.63, 3.8) is 0 Å². The molecule has 0 bridgehead atoms. The normalized spacial score (nSPS) is 12.2. The SMILES string of the molecule is CCCSc1ccc(CNC(C)C)cc1C(F)(F)F. The summed E-state index contributed by atoms with van der Waals surface area (Å²) in [6, 6.07) is 4.86. The molecular weight excluding hydrogens is 271 g/mol. The van der Waals surface area contributed by atoms with Crippen molar-refractivity contribution in [2.45, 2.75) is 50.9 Å². The lowest BCUT2D eigenvalue weighted by atomic mass is 10.1. The van der Waals surface area contributed by atoms with Gasteiger partial charge in [-0.25, -0.2) is 0 Å². The van der Waals surface area contributed by atoms with E-state index in [1.165, 1.54) is 17.8 Å². The second kappa shape index (κ2) is 7.20. The molecule has 1 rings (SSSR count). The Morgan fingerprint density at radius 3 is 2.47 bits per heavy atom. The van der Waals surface area contributed by atoms with Gasteiger partial charge in [-0.1, -0.05) is 26.8 Å². The van der Waals surface area contributed by atoms with Crippen LogP contribution in [0.1, 0.15) is 38.3 Å². The van der Waals surface area contributed by atoms with E-state index in [9.17, 15) is 13.2 Å². The zero-order valence-electron chi connectivity index (χ0n) is 11.5. The summed E-state index contributed by atoms with van der Waals surface area (Å²) in [7, 11) is 0. The predicted octanol–water partition coefficient (Wildman–Crippen LogP) is 4.71. The van der Waals surface area contributed by atoms with E-state index in [0.29, 0.717) is 22.8 Å². The zero-order valence-corrected chi connectivity index (χ0v) is 12.3. The van der Waals surface area contributed by atoms with Crippen LogP contribution >= 0.6 is 11.8 Å². The third-order valence-corrected chi connectivity index (χ3v) is 3.80. The molecule has 1 aromatic carbocycles. The van der Waals surface area contributed by atoms with Crippen molar-refractivity contribution in [1.29, 1.82) is 0 Å². The van der Waals surface area contributed by atoms with Gasteiger partial charge >= 0.3 is 6.18 Å². The summed E-state index contributed by atoms with van der Waals surface area (Å²) in [6.07, 6.45) is -3.43. The third-order valence-electron chi connectivity index (χ3n) is 2.53. The van der Waals surface area contributed by atoms with E-state index in [1.807, 2.05) is 20.8 Å². The molecule has 1 nitrogen and oxygen atoms in total. The Morgan fingerprint density at radius 2 is 1.95 bits per heavy atom. The maximum absolute atomic E-state index is 13.0. The standard InChI is InChI=1S/C14H20F3NS/c1-4-7-19-13-6-5-11(9-18-10(2)3)8-12(13)14(15,16)17/h5-6,8,10,18H,4,7,9H2,1-3H3. The number of thioether (sulfide) groups is 1. The fourth-order valence-corrected chi connectivity index (χ4v) is 2.49. The fraction of sp³-hybridized carbons (Fsp3) is 0.571. The highest BCUT2D eigenvalue weighted by Gasteiger charge is 2.33. The average Bonchev–Trinajstić information content (AvgIpc) is 2.33. The number of nitrogens with one attached hydrogen (secondary N) is 1. The third kappa shape index (κ3) is 5.45. The van der Waals surface area contributed by atoms with Crippen molar-refractivity contribution in [1.82, 2.24) is 5.32 Å². The largest absolute Gasteiger partial charge is 0.417 e. The highest BCUT2D eigenvalue weighted by molar-refractivity contribution is 7.99. The molecule has 19 heavy (non-hydrogen) atoms. The van der Waals surface area contributed by atoms with E-state index in [0.717, 1.165) is 6.42 Å². The molecular formula is C14H20F3NS. The minimum absolute atomic E-state index is 0.253. The summed E-state index contributed by atoms with van der Waals surface area (Å²) >= 11 is 1.27. The number of halogens is 3. The fourth-order valence-electron chi connectivity index (χ4n) is 1.57. The van der Waals surface area contributed by atoms with Crippen molar-refractivity contribution >= 4 is 11.8 Å². The summed E-state index contributed by atoms with van der Waals surface area (Å²) in [5.41, 5.74) is 0.149. The average molecular weight is 291 g/mol. The van der Waals surface area contributed by atoms with Crippen LogP contribution in [0, 0.1) is 0 Å². The number of hydrogen-bond donors (Lipinski definition) is 1. The number of alkyl halides is 3. The zero-order chi connectivity index (χ0) is 14.5. The van der Waals surface area contributed by atoms with Crippen molar-refractivity contribution in [3.05, 3.63) is 29.3 Å². The van der Waals surface area contributed by atoms with E-state index in [1.54, 1.807) is 12.1 Å². The Kier molecular flexibility index (Phi) is 6.20. The lowest BCUT2D eigenvalue weighted by molar-refractivity contribution is -0.139. The Morgan fingerprint density at radius 1 is 1.26 bits per heavy atom. The molecule has 1 N–H and O–H groups in total. The van der Waals surface area contributed by atoms with Crippen LogP contribution in [-0.4, -0.2) is 11.8 Å². The topological polar surface area (TPSA) is 12.0 Å². The molecule has 0 amide bonds. The molecule has 0 unspecified atom stereocenters. The molecule has 0 aromatic heterocycles. The van der Waals surface area contributed by atoms with Crippen molar-refractivity contribution in [3.8, 4) is 0 Å². The maximum Gasteiger partial charge on any atom is 0.417 e. The highest BCUT2D eigenvalue weighted by atomic mass is 32.2. The Hall–Kier alpha value is -0.680. The Balaban J connectivity index is 2.95. The van der Waals surface area contributed by atoms with E-state index in [4.69, 9.17) is 0 Å². The molecule has 108 valence electrons. The van der Waals surface area contributed by atoms with Crippen LogP contribution in [0.3, 0.4) is 0 Å². The summed E-state index contributed by atoms with van der Waals surface area (Å²) in [5.74, 6) is 0.701. The molecule has 0 saturated heterocycles. The maximum atomic E-state index is 13.0. The van der Waals surface area contributed by atoms with E-state index in [2.05, 4.69) is 5.32 Å². The van der Waals surface area contributed by atoms with E-state index in [-0.39, 0.29) is 6.04 Å². The first-order valence-electron chi connectivity index (χ1n) is 6.41. The molecule has 1 aromatic rings. The Bertz CT molecular complexity index is 402. The van der Waals surface area contributed by atoms with Gasteiger partial charge in [-0.2, -0.15) is 13.2 Å². The molecule has 0 fully saturated rings. The van der Waals surface area contributed by atoms with Crippen LogP contribution in [0.2, 0.25) is 0 Å². The van der Waals surface area contributed by atoms with Gasteiger partial charge in [0.15, 0.2) is 0 Å². The first-order valence-corrected chi connectivity index (χ1v) is 7.39. The molecule has 0 spiro atoms. The van der Waals surface area contributed by atoms with Gasteiger partial charge in [-0.3, -0.25) is 0 Å². The van der Waals surface area contributed by atoms with Gasteiger partial charge in [0.1, 0.15) is 0 Å². The summed E-state index contributed by atoms with van der Waals surface area (Å²) in [5, 5.41) is 3.13. The molecule has 0 aliphatic carbocycles. The van der Waals surface area contributed by atoms with Crippen molar-refractivity contribution in [2.24, 2.45) is 0 Å². The molecule has 0 radical (unpaired) electrons. The van der Waals surface area contributed by atoms with E-state index < -0.39 is 11.7 Å². The highest BCUT2D eigenvalue weighted by Crippen LogP contribution is 2.37. The minimum Gasteiger partial charge on any atom is -0.310 e. The second-order valence-corrected chi connectivity index (χ2v) is 5.85. The summed E-state index contributed by atoms with van der Waals surface area (Å²) in [6.45, 7) is 6.35. The van der Waals surface area contributed by atoms with E-state index >= 15 is 0 Å². The summed E-state index contributed by atoms with van der Waals surface area (Å²) < 4.78 is 39.1. The van der Waals surface area contributed by atoms with Crippen molar-refractivity contribution in [2.75, 3.05) is 5.75 Å². The van der Waals surface area contributed by atoms with Gasteiger partial charge in [-0.15, -0.1) is 11.8 Å². The number of rotatable bonds is 6. The minimum atomic E-state index is -4.29. The monoisotopic (exact) mass is 291 g/mol. The van der Waals surface area contributed by atoms with Crippen LogP contribution < -0.4 is 5.32 Å². The van der Waals surface area contributed by atoms with Crippen molar-refractivity contribution < 1.29 is 13.2 Å². The van der Waals surface area contributed by atoms with Crippen LogP contribution in [0.4, 0.5) is 13.2 Å². The first kappa shape index (κ1) is 16.4. The first-order chi connectivity index (χ1) is 8.84. The van der Waals surface area contributed by atoms with Crippen LogP contribution in [0.5, 0.6) is 0 Å². The smallest absolute Gasteiger partial charge is 0.310 e. The van der Waals surface area contributed by atoms with Gasteiger partial charge in [0, 0.05) is 17.5 Å². The molecule has 0 heterocycles. The predicted molar refractivity (Wildman–Crippen MR) is 74.4 cm³/mol. The van der Waals surface area contributed by atoms with Gasteiger partial charge in [0.2, 0.25) is 0 Å². The van der Waals surface area contributed by atoms with Gasteiger partial charge in [-0.05, 0) is 29.9 Å². The molecule has 0 aliphatic rings. The Labute approximate surface area is 117 Å². The lowest BCUT2D eigenvalue weighted by Crippen LogP contribution is -2.22. The molecule has 0 saturated carbocycles. The number of benzene rings is 1. The molecule has 5 heteroatoms. The summed E-state index contributed by atoms with van der Waals surface area (Å²) in [4.78, 5) is 0.322. The van der Waals surface area contributed by atoms with Gasteiger partial charge < -0.3 is 5.32 Å². The number of hydrogen-bond acceptors (Lipinski definition) is 2. The molecule has 0 aliphatic heterocycles. The van der Waals surface area contributed by atoms with Crippen LogP contribution in [0.15, 0.2) is 23.1 Å². The van der Waals surface area contributed by atoms with Gasteiger partial charge in [0.05, 0.1) is 5.56 Å². The van der Waals surface area contributed by atoms with Crippen LogP contribution in [-0.2, 0) is 12.7 Å². The lowest BCUT2D eigenvalue weighted by Gasteiger charge is -2.15. The van der Waals surface area contributed by atoms with Gasteiger partial charge in [0.25, 0.3) is 0 Å². The quantitative estimate of drug-likeness (QED) is 0.762. The second-order valence-electron chi connectivity index (χ2n) is 4.71. The van der Waals surface area contributed by atoms with Crippen LogP contribution in [0.25, 0.3) is 0 Å². The molecule has 0 atom stereocenters.